The number of aromatic nitrogens is 3. The molecule has 0 saturated carbocycles. The normalized spacial score (nSPS) is 11.5. The highest BCUT2D eigenvalue weighted by molar-refractivity contribution is 6.16. The van der Waals surface area contributed by atoms with E-state index in [1.165, 1.54) is 0 Å². The molecule has 0 spiro atoms. The highest BCUT2D eigenvalue weighted by Crippen LogP contribution is 2.43. The van der Waals surface area contributed by atoms with E-state index in [1.807, 2.05) is 42.7 Å². The van der Waals surface area contributed by atoms with Crippen molar-refractivity contribution in [2.75, 3.05) is 0 Å². The Kier molecular flexibility index (Phi) is 8.42. The molecular weight excluding hydrogens is 759 g/mol. The second kappa shape index (κ2) is 14.7. The molecule has 12 rings (SSSR count). The van der Waals surface area contributed by atoms with Crippen LogP contribution in [0.5, 0.6) is 0 Å². The van der Waals surface area contributed by atoms with Gasteiger partial charge in [-0.05, 0) is 41.0 Å². The van der Waals surface area contributed by atoms with Crippen molar-refractivity contribution in [2.45, 2.75) is 0 Å². The molecule has 5 heteroatoms. The fourth-order valence-electron chi connectivity index (χ4n) is 8.94. The number of benzene rings is 7. The summed E-state index contributed by atoms with van der Waals surface area (Å²) in [5.41, 5.74) is 17.1. The second-order valence-electron chi connectivity index (χ2n) is 15.6. The number of nitrogens with zero attached hydrogens (tertiary/aromatic N) is 3. The molecule has 0 fully saturated rings. The van der Waals surface area contributed by atoms with Crippen LogP contribution in [0.15, 0.2) is 228 Å². The highest BCUT2D eigenvalue weighted by Gasteiger charge is 2.24. The van der Waals surface area contributed by atoms with E-state index >= 15 is 0 Å². The number of para-hydroxylation sites is 3. The second-order valence-corrected chi connectivity index (χ2v) is 15.6. The molecule has 0 radical (unpaired) electrons. The summed E-state index contributed by atoms with van der Waals surface area (Å²) in [5.74, 6) is 0. The Hall–Kier alpha value is -8.41. The van der Waals surface area contributed by atoms with Crippen molar-refractivity contribution in [1.82, 2.24) is 9.97 Å². The van der Waals surface area contributed by atoms with Gasteiger partial charge in [-0.25, -0.2) is 0 Å². The zero-order chi connectivity index (χ0) is 41.0. The Morgan fingerprint density at radius 3 is 1.58 bits per heavy atom. The fraction of sp³-hybridized carbons (Fsp3) is 0. The summed E-state index contributed by atoms with van der Waals surface area (Å²) in [6.45, 7) is 0. The number of hydrogen-bond donors (Lipinski definition) is 0. The first-order valence-corrected chi connectivity index (χ1v) is 20.8. The van der Waals surface area contributed by atoms with E-state index in [2.05, 4.69) is 180 Å². The van der Waals surface area contributed by atoms with Gasteiger partial charge in [0.25, 0.3) is 0 Å². The lowest BCUT2D eigenvalue weighted by Crippen LogP contribution is -2.29. The molecular formula is C57H36N3O2+. The summed E-state index contributed by atoms with van der Waals surface area (Å²) in [4.78, 5) is 9.22. The average molecular weight is 795 g/mol. The minimum absolute atomic E-state index is 0.835. The predicted octanol–water partition coefficient (Wildman–Crippen LogP) is 14.6. The smallest absolute Gasteiger partial charge is 0.222 e. The minimum Gasteiger partial charge on any atom is -0.455 e. The van der Waals surface area contributed by atoms with Crippen LogP contribution in [0.3, 0.4) is 0 Å². The minimum atomic E-state index is 0.835. The van der Waals surface area contributed by atoms with E-state index in [0.717, 1.165) is 116 Å². The monoisotopic (exact) mass is 794 g/mol. The largest absolute Gasteiger partial charge is 0.455 e. The molecule has 0 N–H and O–H groups in total. The molecule has 62 heavy (non-hydrogen) atoms. The Balaban J connectivity index is 0.942. The van der Waals surface area contributed by atoms with Crippen LogP contribution in [0, 0.1) is 0 Å². The van der Waals surface area contributed by atoms with Gasteiger partial charge in [-0.15, -0.1) is 0 Å². The van der Waals surface area contributed by atoms with Gasteiger partial charge < -0.3 is 8.83 Å². The van der Waals surface area contributed by atoms with Crippen LogP contribution in [0.25, 0.3) is 116 Å². The van der Waals surface area contributed by atoms with Gasteiger partial charge in [0.15, 0.2) is 12.4 Å². The molecule has 7 aromatic carbocycles. The van der Waals surface area contributed by atoms with Gasteiger partial charge in [0.2, 0.25) is 5.69 Å². The maximum atomic E-state index is 7.00. The number of pyridine rings is 3. The lowest BCUT2D eigenvalue weighted by Gasteiger charge is -2.07. The maximum Gasteiger partial charge on any atom is 0.222 e. The van der Waals surface area contributed by atoms with Crippen molar-refractivity contribution >= 4 is 43.9 Å². The summed E-state index contributed by atoms with van der Waals surface area (Å²) in [5, 5.41) is 4.29. The lowest BCUT2D eigenvalue weighted by atomic mass is 9.98. The number of fused-ring (bicyclic) bond motifs is 6. The van der Waals surface area contributed by atoms with Crippen LogP contribution in [-0.4, -0.2) is 9.97 Å². The molecule has 0 amide bonds. The molecule has 0 unspecified atom stereocenters. The van der Waals surface area contributed by atoms with Gasteiger partial charge >= 0.3 is 0 Å². The van der Waals surface area contributed by atoms with E-state index in [4.69, 9.17) is 13.8 Å². The Labute approximate surface area is 357 Å². The SMILES string of the molecule is c1ccc(-c2ccc(-c3cccc4c3oc3c(-c5ccccc5)ccc(-[n+]5cccc(-c6ccc(-c7cccc8c7oc7c(-c9cccnc9)cccc78)cc6)c5)c34)cn2)cc1. The van der Waals surface area contributed by atoms with Crippen molar-refractivity contribution in [3.8, 4) is 72.6 Å². The lowest BCUT2D eigenvalue weighted by molar-refractivity contribution is -0.593. The molecule has 0 aliphatic rings. The molecule has 0 aliphatic heterocycles. The van der Waals surface area contributed by atoms with Gasteiger partial charge in [-0.3, -0.25) is 9.97 Å². The zero-order valence-corrected chi connectivity index (χ0v) is 33.4. The fourth-order valence-corrected chi connectivity index (χ4v) is 8.94. The molecule has 0 saturated heterocycles. The Morgan fingerprint density at radius 2 is 0.903 bits per heavy atom. The van der Waals surface area contributed by atoms with Crippen LogP contribution < -0.4 is 4.57 Å². The van der Waals surface area contributed by atoms with Crippen LogP contribution in [0.4, 0.5) is 0 Å². The summed E-state index contributed by atoms with van der Waals surface area (Å²) in [6.07, 6.45) is 9.95. The van der Waals surface area contributed by atoms with Crippen LogP contribution in [0.2, 0.25) is 0 Å². The summed E-state index contributed by atoms with van der Waals surface area (Å²) < 4.78 is 15.9. The Morgan fingerprint density at radius 1 is 0.355 bits per heavy atom. The molecule has 5 aromatic heterocycles. The van der Waals surface area contributed by atoms with Gasteiger partial charge in [-0.1, -0.05) is 152 Å². The molecule has 5 nitrogen and oxygen atoms in total. The number of rotatable bonds is 7. The Bertz CT molecular complexity index is 3600. The van der Waals surface area contributed by atoms with Gasteiger partial charge in [0.1, 0.15) is 27.7 Å². The van der Waals surface area contributed by atoms with E-state index in [1.54, 1.807) is 6.20 Å². The summed E-state index contributed by atoms with van der Waals surface area (Å²) >= 11 is 0. The highest BCUT2D eigenvalue weighted by atomic mass is 16.3. The third-order valence-electron chi connectivity index (χ3n) is 12.0. The zero-order valence-electron chi connectivity index (χ0n) is 33.4. The topological polar surface area (TPSA) is 55.9 Å². The third kappa shape index (κ3) is 5.98. The van der Waals surface area contributed by atoms with E-state index in [9.17, 15) is 0 Å². The predicted molar refractivity (Wildman–Crippen MR) is 251 cm³/mol. The van der Waals surface area contributed by atoms with Crippen molar-refractivity contribution < 1.29 is 13.4 Å². The molecule has 12 aromatic rings. The quantitative estimate of drug-likeness (QED) is 0.151. The standard InChI is InChI=1S/C57H36N3O2/c1-3-12-38(13-4-1)47-29-31-52(53-50-23-9-20-46(56(50)62-57(47)53)42-28-30-51(59-35-42)40-14-5-2-6-15-40)60-33-11-17-43(36-60)37-24-26-39(27-25-37)44-18-7-21-48-49-22-8-19-45(55(49)61-54(44)48)41-16-10-32-58-34-41/h1-36H/q+1. The van der Waals surface area contributed by atoms with Crippen molar-refractivity contribution in [1.29, 1.82) is 0 Å². The maximum absolute atomic E-state index is 7.00. The van der Waals surface area contributed by atoms with Crippen LogP contribution in [0.1, 0.15) is 0 Å². The first-order valence-electron chi connectivity index (χ1n) is 20.8. The number of hydrogen-bond acceptors (Lipinski definition) is 4. The average Bonchev–Trinajstić information content (AvgIpc) is 3.94. The first kappa shape index (κ1) is 35.5. The molecule has 5 heterocycles. The van der Waals surface area contributed by atoms with Crippen molar-refractivity contribution in [3.05, 3.63) is 219 Å². The summed E-state index contributed by atoms with van der Waals surface area (Å²) in [6, 6.07) is 65.6. The molecule has 0 aliphatic carbocycles. The molecule has 0 atom stereocenters. The van der Waals surface area contributed by atoms with Gasteiger partial charge in [-0.2, -0.15) is 4.57 Å². The number of furan rings is 2. The van der Waals surface area contributed by atoms with E-state index < -0.39 is 0 Å². The van der Waals surface area contributed by atoms with Gasteiger partial charge in [0.05, 0.1) is 5.69 Å². The molecule has 0 bridgehead atoms. The molecule has 290 valence electrons. The van der Waals surface area contributed by atoms with Gasteiger partial charge in [0, 0.05) is 91.4 Å². The van der Waals surface area contributed by atoms with E-state index in [0.29, 0.717) is 0 Å². The van der Waals surface area contributed by atoms with Crippen LogP contribution >= 0.6 is 0 Å². The van der Waals surface area contributed by atoms with Crippen molar-refractivity contribution in [3.63, 3.8) is 0 Å². The first-order chi connectivity index (χ1) is 30.7. The summed E-state index contributed by atoms with van der Waals surface area (Å²) in [7, 11) is 0. The van der Waals surface area contributed by atoms with Crippen LogP contribution in [-0.2, 0) is 0 Å². The third-order valence-corrected chi connectivity index (χ3v) is 12.0. The van der Waals surface area contributed by atoms with Crippen molar-refractivity contribution in [2.24, 2.45) is 0 Å². The van der Waals surface area contributed by atoms with E-state index in [-0.39, 0.29) is 0 Å².